The first kappa shape index (κ1) is 16.8. The van der Waals surface area contributed by atoms with Crippen LogP contribution in [0.4, 0.5) is 0 Å². The van der Waals surface area contributed by atoms with Gasteiger partial charge in [0.2, 0.25) is 0 Å². The van der Waals surface area contributed by atoms with Crippen molar-refractivity contribution in [3.63, 3.8) is 0 Å². The van der Waals surface area contributed by atoms with Crippen molar-refractivity contribution in [3.8, 4) is 0 Å². The fraction of sp³-hybridized carbons (Fsp3) is 0.941. The Morgan fingerprint density at radius 3 is 2.81 bits per heavy atom. The van der Waals surface area contributed by atoms with Crippen molar-refractivity contribution >= 4 is 5.97 Å². The number of hydrogen-bond donors (Lipinski definition) is 1. The first-order chi connectivity index (χ1) is 10.2. The van der Waals surface area contributed by atoms with Gasteiger partial charge in [0.05, 0.1) is 6.61 Å². The molecule has 1 aliphatic carbocycles. The molecule has 1 saturated carbocycles. The third kappa shape index (κ3) is 3.59. The minimum absolute atomic E-state index is 0.0390. The lowest BCUT2D eigenvalue weighted by Gasteiger charge is -2.33. The van der Waals surface area contributed by atoms with Crippen LogP contribution in [0.15, 0.2) is 0 Å². The Kier molecular flexibility index (Phi) is 6.06. The van der Waals surface area contributed by atoms with Crippen LogP contribution >= 0.6 is 0 Å². The largest absolute Gasteiger partial charge is 0.465 e. The average Bonchev–Trinajstić information content (AvgIpc) is 3.12. The first-order valence-corrected chi connectivity index (χ1v) is 8.74. The maximum atomic E-state index is 12.4. The van der Waals surface area contributed by atoms with Crippen LogP contribution in [0, 0.1) is 11.8 Å². The van der Waals surface area contributed by atoms with Crippen LogP contribution in [-0.2, 0) is 9.53 Å². The predicted molar refractivity (Wildman–Crippen MR) is 85.2 cm³/mol. The van der Waals surface area contributed by atoms with Gasteiger partial charge in [-0.25, -0.2) is 0 Å². The highest BCUT2D eigenvalue weighted by Crippen LogP contribution is 2.39. The summed E-state index contributed by atoms with van der Waals surface area (Å²) in [6.45, 7) is 8.26. The van der Waals surface area contributed by atoms with E-state index < -0.39 is 5.54 Å². The quantitative estimate of drug-likeness (QED) is 0.733. The molecule has 0 aromatic heterocycles. The number of likely N-dealkylation sites (N-methyl/N-ethyl adjacent to an activating group) is 1. The number of nitrogens with zero attached hydrogens (tertiary/aromatic N) is 1. The van der Waals surface area contributed by atoms with E-state index in [9.17, 15) is 4.79 Å². The minimum atomic E-state index is -0.431. The summed E-state index contributed by atoms with van der Waals surface area (Å²) >= 11 is 0. The molecule has 21 heavy (non-hydrogen) atoms. The second-order valence-electron chi connectivity index (χ2n) is 6.68. The first-order valence-electron chi connectivity index (χ1n) is 8.74. The van der Waals surface area contributed by atoms with Gasteiger partial charge in [-0.15, -0.1) is 0 Å². The molecular formula is C17H32N2O2. The van der Waals surface area contributed by atoms with Crippen molar-refractivity contribution in [1.82, 2.24) is 10.2 Å². The van der Waals surface area contributed by atoms with Gasteiger partial charge >= 0.3 is 5.97 Å². The summed E-state index contributed by atoms with van der Waals surface area (Å²) in [5.41, 5.74) is -0.431. The Morgan fingerprint density at radius 2 is 2.19 bits per heavy atom. The highest BCUT2D eigenvalue weighted by Gasteiger charge is 2.48. The predicted octanol–water partition coefficient (Wildman–Crippen LogP) is 2.43. The zero-order valence-electron chi connectivity index (χ0n) is 14.0. The molecule has 2 fully saturated rings. The van der Waals surface area contributed by atoms with E-state index in [-0.39, 0.29) is 5.97 Å². The zero-order valence-corrected chi connectivity index (χ0v) is 14.0. The molecular weight excluding hydrogens is 264 g/mol. The summed E-state index contributed by atoms with van der Waals surface area (Å²) in [7, 11) is 1.91. The Labute approximate surface area is 129 Å². The summed E-state index contributed by atoms with van der Waals surface area (Å²) in [4.78, 5) is 15.0. The molecule has 0 bridgehead atoms. The number of hydrogen-bond acceptors (Lipinski definition) is 4. The smallest absolute Gasteiger partial charge is 0.326 e. The standard InChI is InChI=1S/C17H32N2O2/c1-4-14-8-11-19(13-14)12-9-15-7-6-10-17(15,18-3)16(20)21-5-2/h14-15,18H,4-13H2,1-3H3. The number of esters is 1. The highest BCUT2D eigenvalue weighted by molar-refractivity contribution is 5.81. The van der Waals surface area contributed by atoms with E-state index in [2.05, 4.69) is 17.1 Å². The normalized spacial score (nSPS) is 33.5. The zero-order chi connectivity index (χ0) is 15.3. The van der Waals surface area contributed by atoms with E-state index >= 15 is 0 Å². The molecule has 0 radical (unpaired) electrons. The number of rotatable bonds is 7. The van der Waals surface area contributed by atoms with Gasteiger partial charge < -0.3 is 15.0 Å². The van der Waals surface area contributed by atoms with Gasteiger partial charge in [-0.2, -0.15) is 0 Å². The third-order valence-corrected chi connectivity index (χ3v) is 5.65. The van der Waals surface area contributed by atoms with Crippen molar-refractivity contribution in [2.75, 3.05) is 33.3 Å². The topological polar surface area (TPSA) is 41.6 Å². The Morgan fingerprint density at radius 1 is 1.38 bits per heavy atom. The maximum absolute atomic E-state index is 12.4. The monoisotopic (exact) mass is 296 g/mol. The van der Waals surface area contributed by atoms with Crippen LogP contribution in [-0.4, -0.2) is 49.7 Å². The van der Waals surface area contributed by atoms with Gasteiger partial charge in [-0.05, 0) is 64.6 Å². The van der Waals surface area contributed by atoms with E-state index in [0.29, 0.717) is 12.5 Å². The molecule has 2 rings (SSSR count). The molecule has 3 atom stereocenters. The van der Waals surface area contributed by atoms with Crippen LogP contribution in [0.1, 0.15) is 52.4 Å². The molecule has 0 amide bonds. The van der Waals surface area contributed by atoms with E-state index in [1.165, 1.54) is 25.9 Å². The van der Waals surface area contributed by atoms with Gasteiger partial charge in [0.25, 0.3) is 0 Å². The SMILES string of the molecule is CCOC(=O)C1(NC)CCCC1CCN1CCC(CC)C1. The molecule has 1 N–H and O–H groups in total. The molecule has 4 nitrogen and oxygen atoms in total. The molecule has 0 aromatic carbocycles. The molecule has 2 aliphatic rings. The second-order valence-corrected chi connectivity index (χ2v) is 6.68. The molecule has 122 valence electrons. The highest BCUT2D eigenvalue weighted by atomic mass is 16.5. The number of ether oxygens (including phenoxy) is 1. The molecule has 4 heteroatoms. The molecule has 1 aliphatic heterocycles. The lowest BCUT2D eigenvalue weighted by Crippen LogP contribution is -2.54. The number of carbonyl (C=O) groups is 1. The van der Waals surface area contributed by atoms with Gasteiger partial charge in [0, 0.05) is 6.54 Å². The second kappa shape index (κ2) is 7.59. The number of likely N-dealkylation sites (tertiary alicyclic amines) is 1. The summed E-state index contributed by atoms with van der Waals surface area (Å²) in [5.74, 6) is 1.26. The summed E-state index contributed by atoms with van der Waals surface area (Å²) in [5, 5.41) is 3.31. The molecule has 0 aromatic rings. The molecule has 1 saturated heterocycles. The van der Waals surface area contributed by atoms with Crippen LogP contribution in [0.5, 0.6) is 0 Å². The third-order valence-electron chi connectivity index (χ3n) is 5.65. The lowest BCUT2D eigenvalue weighted by atomic mass is 9.84. The van der Waals surface area contributed by atoms with Crippen LogP contribution < -0.4 is 5.32 Å². The van der Waals surface area contributed by atoms with Gasteiger partial charge in [-0.1, -0.05) is 19.8 Å². The number of nitrogens with one attached hydrogen (secondary N) is 1. The van der Waals surface area contributed by atoms with Gasteiger partial charge in [0.15, 0.2) is 0 Å². The Balaban J connectivity index is 1.90. The Bertz CT molecular complexity index is 348. The molecule has 1 heterocycles. The summed E-state index contributed by atoms with van der Waals surface area (Å²) in [6.07, 6.45) is 6.94. The molecule has 0 spiro atoms. The van der Waals surface area contributed by atoms with E-state index in [1.807, 2.05) is 14.0 Å². The molecule has 3 unspecified atom stereocenters. The van der Waals surface area contributed by atoms with Crippen LogP contribution in [0.25, 0.3) is 0 Å². The van der Waals surface area contributed by atoms with Crippen LogP contribution in [0.3, 0.4) is 0 Å². The van der Waals surface area contributed by atoms with Crippen molar-refractivity contribution in [3.05, 3.63) is 0 Å². The van der Waals surface area contributed by atoms with E-state index in [4.69, 9.17) is 4.74 Å². The maximum Gasteiger partial charge on any atom is 0.326 e. The van der Waals surface area contributed by atoms with Crippen molar-refractivity contribution < 1.29 is 9.53 Å². The van der Waals surface area contributed by atoms with Crippen molar-refractivity contribution in [1.29, 1.82) is 0 Å². The van der Waals surface area contributed by atoms with E-state index in [0.717, 1.165) is 38.1 Å². The van der Waals surface area contributed by atoms with E-state index in [1.54, 1.807) is 0 Å². The fourth-order valence-corrected chi connectivity index (χ4v) is 4.22. The minimum Gasteiger partial charge on any atom is -0.465 e. The van der Waals surface area contributed by atoms with Crippen LogP contribution in [0.2, 0.25) is 0 Å². The summed E-state index contributed by atoms with van der Waals surface area (Å²) in [6, 6.07) is 0. The van der Waals surface area contributed by atoms with Crippen molar-refractivity contribution in [2.45, 2.75) is 57.9 Å². The number of carbonyl (C=O) groups excluding carboxylic acids is 1. The fourth-order valence-electron chi connectivity index (χ4n) is 4.22. The summed E-state index contributed by atoms with van der Waals surface area (Å²) < 4.78 is 5.34. The average molecular weight is 296 g/mol. The van der Waals surface area contributed by atoms with Gasteiger partial charge in [0.1, 0.15) is 5.54 Å². The van der Waals surface area contributed by atoms with Gasteiger partial charge in [-0.3, -0.25) is 4.79 Å². The Hall–Kier alpha value is -0.610. The lowest BCUT2D eigenvalue weighted by molar-refractivity contribution is -0.153. The van der Waals surface area contributed by atoms with Crippen molar-refractivity contribution in [2.24, 2.45) is 11.8 Å².